The average molecular weight is 529 g/mol. The van der Waals surface area contributed by atoms with E-state index in [0.717, 1.165) is 62.3 Å². The van der Waals surface area contributed by atoms with E-state index in [2.05, 4.69) is 80.5 Å². The van der Waals surface area contributed by atoms with Crippen LogP contribution in [0.4, 0.5) is 0 Å². The summed E-state index contributed by atoms with van der Waals surface area (Å²) >= 11 is 6.94. The normalized spacial score (nSPS) is 49.8. The van der Waals surface area contributed by atoms with E-state index < -0.39 is 8.07 Å². The monoisotopic (exact) mass is 528 g/mol. The largest absolute Gasteiger partial charge is 0.127 e. The highest BCUT2D eigenvalue weighted by molar-refractivity contribution is 8.05. The van der Waals surface area contributed by atoms with Gasteiger partial charge in [-0.25, -0.2) is 0 Å². The molecule has 4 aliphatic carbocycles. The first-order chi connectivity index (χ1) is 16.4. The maximum absolute atomic E-state index is 2.87. The Hall–Kier alpha value is 0.487. The summed E-state index contributed by atoms with van der Waals surface area (Å²) in [6, 6.07) is 0. The van der Waals surface area contributed by atoms with Gasteiger partial charge in [-0.1, -0.05) is 63.4 Å². The first kappa shape index (κ1) is 23.6. The molecular weight excluding hydrogens is 485 g/mol. The molecule has 10 atom stereocenters. The van der Waals surface area contributed by atoms with Crippen molar-refractivity contribution >= 4 is 43.4 Å². The molecule has 0 spiro atoms. The van der Waals surface area contributed by atoms with Crippen LogP contribution in [-0.2, 0) is 0 Å². The number of hydrogen-bond acceptors (Lipinski definition) is 3. The van der Waals surface area contributed by atoms with Crippen LogP contribution in [0.25, 0.3) is 0 Å². The molecule has 0 radical (unpaired) electrons. The predicted molar refractivity (Wildman–Crippen MR) is 157 cm³/mol. The van der Waals surface area contributed by atoms with Gasteiger partial charge in [0.2, 0.25) is 0 Å². The van der Waals surface area contributed by atoms with Gasteiger partial charge in [0.1, 0.15) is 0 Å². The van der Waals surface area contributed by atoms with E-state index in [1.165, 1.54) is 38.5 Å². The van der Waals surface area contributed by atoms with Gasteiger partial charge in [0.15, 0.2) is 0 Å². The molecule has 0 N–H and O–H groups in total. The minimum atomic E-state index is -1.41. The summed E-state index contributed by atoms with van der Waals surface area (Å²) in [6.07, 6.45) is 21.8. The van der Waals surface area contributed by atoms with Crippen LogP contribution < -0.4 is 0 Å². The Morgan fingerprint density at radius 3 is 2.12 bits per heavy atom. The minimum Gasteiger partial charge on any atom is -0.127 e. The van der Waals surface area contributed by atoms with Crippen molar-refractivity contribution in [1.82, 2.24) is 0 Å². The molecule has 0 aromatic heterocycles. The number of allylic oxidation sites excluding steroid dienone is 6. The first-order valence-corrected chi connectivity index (χ1v) is 20.3. The van der Waals surface area contributed by atoms with Crippen LogP contribution in [0, 0.1) is 35.5 Å². The third-order valence-electron chi connectivity index (χ3n) is 11.5. The molecule has 4 heteroatoms. The van der Waals surface area contributed by atoms with Gasteiger partial charge in [0, 0.05) is 15.7 Å². The summed E-state index contributed by atoms with van der Waals surface area (Å²) in [5, 5.41) is 2.73. The molecule has 4 saturated carbocycles. The maximum Gasteiger partial charge on any atom is 0.0563 e. The van der Waals surface area contributed by atoms with E-state index in [1.807, 2.05) is 4.91 Å². The van der Waals surface area contributed by atoms with E-state index in [9.17, 15) is 0 Å². The summed E-state index contributed by atoms with van der Waals surface area (Å²) in [4.78, 5) is 5.13. The highest BCUT2D eigenvalue weighted by Crippen LogP contribution is 2.68. The summed E-state index contributed by atoms with van der Waals surface area (Å²) in [6.45, 7) is 10.5. The Labute approximate surface area is 222 Å². The fourth-order valence-corrected chi connectivity index (χ4v) is 22.4. The molecule has 186 valence electrons. The van der Waals surface area contributed by atoms with Crippen molar-refractivity contribution in [2.75, 3.05) is 0 Å². The van der Waals surface area contributed by atoms with E-state index in [0.29, 0.717) is 0 Å². The molecule has 0 aromatic rings. The molecule has 10 unspecified atom stereocenters. The van der Waals surface area contributed by atoms with Crippen molar-refractivity contribution in [1.29, 1.82) is 0 Å². The summed E-state index contributed by atoms with van der Waals surface area (Å²) in [5.41, 5.74) is 2.06. The second kappa shape index (κ2) is 8.77. The molecule has 34 heavy (non-hydrogen) atoms. The van der Waals surface area contributed by atoms with Gasteiger partial charge in [0.05, 0.1) is 8.07 Å². The SMILES string of the molecule is CC1=CC2C3C=C(C)SC3C([Si](C)(C)C3CCC4C(C5=CC6CCCCC6S5)CCCC43)C2S1. The van der Waals surface area contributed by atoms with E-state index in [4.69, 9.17) is 0 Å². The standard InChI is InChI=1S/C30H44S3Si/c1-17-14-23-24-15-18(2)32-29(24)30(28(23)31-17)34(3,4)27-13-12-20-21(9-7-10-22(20)27)26-16-19-8-5-6-11-25(19)33-26/h14-16,19-25,27-30H,5-13H2,1-4H3. The van der Waals surface area contributed by atoms with Crippen LogP contribution in [-0.4, -0.2) is 23.8 Å². The van der Waals surface area contributed by atoms with E-state index in [-0.39, 0.29) is 0 Å². The molecule has 4 fully saturated rings. The second-order valence-corrected chi connectivity index (χ2v) is 22.7. The Balaban J connectivity index is 1.14. The topological polar surface area (TPSA) is 0 Å². The zero-order valence-corrected chi connectivity index (χ0v) is 25.1. The van der Waals surface area contributed by atoms with Crippen molar-refractivity contribution in [3.05, 3.63) is 32.9 Å². The van der Waals surface area contributed by atoms with Crippen LogP contribution in [0.3, 0.4) is 0 Å². The predicted octanol–water partition coefficient (Wildman–Crippen LogP) is 9.74. The summed E-state index contributed by atoms with van der Waals surface area (Å²) in [5.74, 6) is 5.58. The van der Waals surface area contributed by atoms with Gasteiger partial charge in [-0.15, -0.1) is 35.3 Å². The number of fused-ring (bicyclic) bond motifs is 5. The maximum atomic E-state index is 2.87. The van der Waals surface area contributed by atoms with Gasteiger partial charge >= 0.3 is 0 Å². The molecule has 0 aromatic carbocycles. The van der Waals surface area contributed by atoms with Crippen molar-refractivity contribution in [3.8, 4) is 0 Å². The highest BCUT2D eigenvalue weighted by Gasteiger charge is 2.62. The third kappa shape index (κ3) is 3.61. The number of thioether (sulfide) groups is 3. The lowest BCUT2D eigenvalue weighted by molar-refractivity contribution is 0.214. The van der Waals surface area contributed by atoms with Crippen molar-refractivity contribution < 1.29 is 0 Å². The van der Waals surface area contributed by atoms with E-state index in [1.54, 1.807) is 29.1 Å². The highest BCUT2D eigenvalue weighted by atomic mass is 32.2. The van der Waals surface area contributed by atoms with Gasteiger partial charge in [-0.2, -0.15) is 0 Å². The fraction of sp³-hybridized carbons (Fsp3) is 0.800. The van der Waals surface area contributed by atoms with Crippen LogP contribution in [0.15, 0.2) is 32.9 Å². The molecule has 0 nitrogen and oxygen atoms in total. The molecule has 0 bridgehead atoms. The van der Waals surface area contributed by atoms with Gasteiger partial charge in [0.25, 0.3) is 0 Å². The summed E-state index contributed by atoms with van der Waals surface area (Å²) in [7, 11) is -1.41. The Morgan fingerprint density at radius 1 is 0.706 bits per heavy atom. The molecule has 3 aliphatic heterocycles. The van der Waals surface area contributed by atoms with Gasteiger partial charge < -0.3 is 0 Å². The molecule has 0 amide bonds. The quantitative estimate of drug-likeness (QED) is 0.335. The Morgan fingerprint density at radius 2 is 1.41 bits per heavy atom. The molecular formula is C30H44S3Si. The van der Waals surface area contributed by atoms with Crippen molar-refractivity contribution in [3.63, 3.8) is 0 Å². The fourth-order valence-electron chi connectivity index (χ4n) is 10.1. The first-order valence-electron chi connectivity index (χ1n) is 14.5. The lowest BCUT2D eigenvalue weighted by Crippen LogP contribution is -2.46. The lowest BCUT2D eigenvalue weighted by Gasteiger charge is -2.46. The average Bonchev–Trinajstić information content (AvgIpc) is 3.59. The number of rotatable bonds is 3. The van der Waals surface area contributed by atoms with Crippen LogP contribution in [0.2, 0.25) is 24.2 Å². The minimum absolute atomic E-state index is 0.830. The third-order valence-corrected chi connectivity index (χ3v) is 21.4. The summed E-state index contributed by atoms with van der Waals surface area (Å²) < 4.78 is 0. The second-order valence-electron chi connectivity index (χ2n) is 13.4. The molecule has 7 rings (SSSR count). The molecule has 3 heterocycles. The zero-order valence-electron chi connectivity index (χ0n) is 21.7. The van der Waals surface area contributed by atoms with Crippen molar-refractivity contribution in [2.24, 2.45) is 35.5 Å². The Kier molecular flexibility index (Phi) is 6.08. The van der Waals surface area contributed by atoms with Gasteiger partial charge in [-0.05, 0) is 101 Å². The van der Waals surface area contributed by atoms with E-state index >= 15 is 0 Å². The smallest absolute Gasteiger partial charge is 0.0563 e. The zero-order chi connectivity index (χ0) is 23.2. The van der Waals surface area contributed by atoms with Crippen LogP contribution >= 0.6 is 35.3 Å². The van der Waals surface area contributed by atoms with Crippen molar-refractivity contribution in [2.45, 2.75) is 112 Å². The van der Waals surface area contributed by atoms with Crippen LogP contribution in [0.5, 0.6) is 0 Å². The Bertz CT molecular complexity index is 901. The molecule has 7 aliphatic rings. The number of hydrogen-bond donors (Lipinski definition) is 0. The van der Waals surface area contributed by atoms with Gasteiger partial charge in [-0.3, -0.25) is 0 Å². The lowest BCUT2D eigenvalue weighted by atomic mass is 9.73. The van der Waals surface area contributed by atoms with Crippen LogP contribution in [0.1, 0.15) is 71.6 Å². The molecule has 0 saturated heterocycles.